The highest BCUT2D eigenvalue weighted by atomic mass is 35.5. The van der Waals surface area contributed by atoms with Crippen LogP contribution in [0.25, 0.3) is 4.85 Å². The number of aryl methyl sites for hydroxylation is 1. The minimum Gasteiger partial charge on any atom is -0.496 e. The van der Waals surface area contributed by atoms with Crippen molar-refractivity contribution in [3.05, 3.63) is 57.2 Å². The summed E-state index contributed by atoms with van der Waals surface area (Å²) >= 11 is 6.16. The van der Waals surface area contributed by atoms with Crippen LogP contribution >= 0.6 is 11.6 Å². The zero-order valence-corrected chi connectivity index (χ0v) is 12.6. The molecule has 0 saturated heterocycles. The first-order chi connectivity index (χ1) is 10.0. The maximum absolute atomic E-state index is 6.96. The van der Waals surface area contributed by atoms with E-state index < -0.39 is 0 Å². The lowest BCUT2D eigenvalue weighted by molar-refractivity contribution is 0.410. The predicted octanol–water partition coefficient (Wildman–Crippen LogP) is 3.04. The van der Waals surface area contributed by atoms with E-state index in [1.165, 1.54) is 0 Å². The van der Waals surface area contributed by atoms with Gasteiger partial charge in [-0.1, -0.05) is 11.6 Å². The molecule has 2 aromatic rings. The fourth-order valence-electron chi connectivity index (χ4n) is 2.13. The minimum atomic E-state index is 0.162. The zero-order valence-electron chi connectivity index (χ0n) is 11.9. The van der Waals surface area contributed by atoms with Gasteiger partial charge in [-0.05, 0) is 30.7 Å². The van der Waals surface area contributed by atoms with Crippen LogP contribution < -0.4 is 10.5 Å². The van der Waals surface area contributed by atoms with Crippen LogP contribution in [-0.4, -0.2) is 17.1 Å². The summed E-state index contributed by atoms with van der Waals surface area (Å²) in [6, 6.07) is 5.69. The number of nitrogens with zero attached hydrogens (tertiary/aromatic N) is 3. The van der Waals surface area contributed by atoms with Gasteiger partial charge >= 0.3 is 0 Å². The Morgan fingerprint density at radius 3 is 2.76 bits per heavy atom. The number of rotatable bonds is 4. The second-order valence-electron chi connectivity index (χ2n) is 4.58. The quantitative estimate of drug-likeness (QED) is 0.696. The molecule has 108 valence electrons. The SMILES string of the molecule is [C-]#[N+]Cc1ccc(OC)c(Cc2c(C)nc(N)nc2Cl)c1. The van der Waals surface area contributed by atoms with Crippen LogP contribution in [-0.2, 0) is 13.0 Å². The molecule has 0 atom stereocenters. The van der Waals surface area contributed by atoms with Gasteiger partial charge < -0.3 is 15.3 Å². The molecule has 2 rings (SSSR count). The molecule has 0 saturated carbocycles. The first-order valence-electron chi connectivity index (χ1n) is 6.32. The molecule has 0 spiro atoms. The maximum atomic E-state index is 6.96. The number of ether oxygens (including phenoxy) is 1. The highest BCUT2D eigenvalue weighted by Crippen LogP contribution is 2.27. The van der Waals surface area contributed by atoms with Gasteiger partial charge in [0.25, 0.3) is 0 Å². The summed E-state index contributed by atoms with van der Waals surface area (Å²) in [6.07, 6.45) is 0.528. The second-order valence-corrected chi connectivity index (χ2v) is 4.93. The van der Waals surface area contributed by atoms with E-state index in [0.29, 0.717) is 18.1 Å². The van der Waals surface area contributed by atoms with Gasteiger partial charge in [0, 0.05) is 23.2 Å². The Kier molecular flexibility index (Phi) is 4.61. The largest absolute Gasteiger partial charge is 0.496 e. The van der Waals surface area contributed by atoms with Gasteiger partial charge in [0.05, 0.1) is 7.11 Å². The number of methoxy groups -OCH3 is 1. The monoisotopic (exact) mass is 302 g/mol. The van der Waals surface area contributed by atoms with Gasteiger partial charge in [-0.2, -0.15) is 0 Å². The summed E-state index contributed by atoms with van der Waals surface area (Å²) in [7, 11) is 1.61. The average molecular weight is 303 g/mol. The van der Waals surface area contributed by atoms with E-state index in [1.807, 2.05) is 25.1 Å². The van der Waals surface area contributed by atoms with E-state index in [9.17, 15) is 0 Å². The van der Waals surface area contributed by atoms with Crippen molar-refractivity contribution >= 4 is 17.5 Å². The third kappa shape index (κ3) is 3.41. The van der Waals surface area contributed by atoms with E-state index in [1.54, 1.807) is 7.11 Å². The van der Waals surface area contributed by atoms with E-state index in [2.05, 4.69) is 14.8 Å². The number of hydrogen-bond donors (Lipinski definition) is 1. The number of halogens is 1. The van der Waals surface area contributed by atoms with Crippen LogP contribution in [0.2, 0.25) is 5.15 Å². The van der Waals surface area contributed by atoms with Crippen LogP contribution in [0.15, 0.2) is 18.2 Å². The third-order valence-electron chi connectivity index (χ3n) is 3.15. The highest BCUT2D eigenvalue weighted by Gasteiger charge is 2.13. The number of aromatic nitrogens is 2. The van der Waals surface area contributed by atoms with Crippen molar-refractivity contribution in [2.45, 2.75) is 19.9 Å². The molecule has 0 unspecified atom stereocenters. The molecule has 0 fully saturated rings. The van der Waals surface area contributed by atoms with Crippen LogP contribution in [0, 0.1) is 13.5 Å². The Morgan fingerprint density at radius 1 is 1.38 bits per heavy atom. The Labute approximate surface area is 128 Å². The van der Waals surface area contributed by atoms with Gasteiger partial charge in [0.15, 0.2) is 0 Å². The molecule has 0 aliphatic carbocycles. The first kappa shape index (κ1) is 15.1. The molecule has 5 nitrogen and oxygen atoms in total. The third-order valence-corrected chi connectivity index (χ3v) is 3.47. The molecule has 0 aliphatic heterocycles. The number of nitrogens with two attached hydrogens (primary N) is 1. The van der Waals surface area contributed by atoms with Crippen LogP contribution in [0.5, 0.6) is 5.75 Å². The van der Waals surface area contributed by atoms with Crippen LogP contribution in [0.1, 0.15) is 22.4 Å². The van der Waals surface area contributed by atoms with Gasteiger partial charge in [0.2, 0.25) is 12.5 Å². The van der Waals surface area contributed by atoms with Crippen molar-refractivity contribution < 1.29 is 4.74 Å². The number of anilines is 1. The molecule has 21 heavy (non-hydrogen) atoms. The molecule has 0 bridgehead atoms. The Bertz CT molecular complexity index is 686. The highest BCUT2D eigenvalue weighted by molar-refractivity contribution is 6.30. The molecular weight excluding hydrogens is 288 g/mol. The van der Waals surface area contributed by atoms with Crippen molar-refractivity contribution in [3.8, 4) is 5.75 Å². The fraction of sp³-hybridized carbons (Fsp3) is 0.267. The first-order valence-corrected chi connectivity index (χ1v) is 6.70. The molecule has 0 aliphatic rings. The average Bonchev–Trinajstić information content (AvgIpc) is 2.43. The lowest BCUT2D eigenvalue weighted by Gasteiger charge is -2.12. The molecule has 1 aromatic carbocycles. The topological polar surface area (TPSA) is 65.4 Å². The molecule has 1 heterocycles. The number of nitrogen functional groups attached to an aromatic ring is 1. The second kappa shape index (κ2) is 6.42. The van der Waals surface area contributed by atoms with Crippen molar-refractivity contribution in [2.75, 3.05) is 12.8 Å². The minimum absolute atomic E-state index is 0.162. The van der Waals surface area contributed by atoms with Crippen molar-refractivity contribution in [1.29, 1.82) is 0 Å². The van der Waals surface area contributed by atoms with E-state index in [0.717, 1.165) is 28.1 Å². The van der Waals surface area contributed by atoms with E-state index in [-0.39, 0.29) is 5.95 Å². The number of benzene rings is 1. The summed E-state index contributed by atoms with van der Waals surface area (Å²) in [5, 5.41) is 0.345. The van der Waals surface area contributed by atoms with Gasteiger partial charge in [-0.25, -0.2) is 16.5 Å². The van der Waals surface area contributed by atoms with Gasteiger partial charge in [-0.3, -0.25) is 0 Å². The van der Waals surface area contributed by atoms with E-state index >= 15 is 0 Å². The Morgan fingerprint density at radius 2 is 2.14 bits per heavy atom. The molecule has 2 N–H and O–H groups in total. The lowest BCUT2D eigenvalue weighted by atomic mass is 10.0. The van der Waals surface area contributed by atoms with Crippen LogP contribution in [0.4, 0.5) is 5.95 Å². The summed E-state index contributed by atoms with van der Waals surface area (Å²) in [4.78, 5) is 11.5. The molecule has 0 radical (unpaired) electrons. The van der Waals surface area contributed by atoms with Gasteiger partial charge in [-0.15, -0.1) is 0 Å². The summed E-state index contributed by atoms with van der Waals surface area (Å²) in [5.74, 6) is 0.908. The lowest BCUT2D eigenvalue weighted by Crippen LogP contribution is -2.04. The number of hydrogen-bond acceptors (Lipinski definition) is 4. The van der Waals surface area contributed by atoms with E-state index in [4.69, 9.17) is 28.6 Å². The summed E-state index contributed by atoms with van der Waals surface area (Å²) in [5.41, 5.74) is 9.00. The fourth-order valence-corrected chi connectivity index (χ4v) is 2.42. The molecule has 6 heteroatoms. The molecule has 1 aromatic heterocycles. The molecular formula is C15H15ClN4O. The van der Waals surface area contributed by atoms with Gasteiger partial charge in [0.1, 0.15) is 10.9 Å². The van der Waals surface area contributed by atoms with Crippen molar-refractivity contribution in [2.24, 2.45) is 0 Å². The Hall–Kier alpha value is -2.32. The van der Waals surface area contributed by atoms with Crippen LogP contribution in [0.3, 0.4) is 0 Å². The zero-order chi connectivity index (χ0) is 15.4. The summed E-state index contributed by atoms with van der Waals surface area (Å²) in [6.45, 7) is 9.14. The predicted molar refractivity (Wildman–Crippen MR) is 82.3 cm³/mol. The summed E-state index contributed by atoms with van der Waals surface area (Å²) < 4.78 is 5.37. The standard InChI is InChI=1S/C15H15ClN4O/c1-9-12(14(16)20-15(17)19-9)7-11-6-10(8-18-2)4-5-13(11)21-3/h4-6H,7-8H2,1,3H3,(H2,17,19,20). The maximum Gasteiger partial charge on any atom is 0.239 e. The van der Waals surface area contributed by atoms with Crippen molar-refractivity contribution in [3.63, 3.8) is 0 Å². The normalized spacial score (nSPS) is 10.2. The Balaban J connectivity index is 2.43. The molecule has 0 amide bonds. The smallest absolute Gasteiger partial charge is 0.239 e. The van der Waals surface area contributed by atoms with Crippen molar-refractivity contribution in [1.82, 2.24) is 9.97 Å².